The molecule has 72 valence electrons. The second-order valence-corrected chi connectivity index (χ2v) is 4.41. The number of hydrogen-bond acceptors (Lipinski definition) is 4. The van der Waals surface area contributed by atoms with Gasteiger partial charge in [0.25, 0.3) is 0 Å². The van der Waals surface area contributed by atoms with Crippen LogP contribution >= 0.6 is 11.3 Å². The van der Waals surface area contributed by atoms with Gasteiger partial charge in [0.15, 0.2) is 0 Å². The lowest BCUT2D eigenvalue weighted by Gasteiger charge is -2.21. The molecule has 0 aliphatic carbocycles. The predicted molar refractivity (Wildman–Crippen MR) is 52.7 cm³/mol. The highest BCUT2D eigenvalue weighted by Crippen LogP contribution is 2.25. The molecule has 2 atom stereocenters. The Hall–Kier alpha value is -0.450. The minimum Gasteiger partial charge on any atom is -0.392 e. The molecule has 1 aliphatic heterocycles. The van der Waals surface area contributed by atoms with Crippen molar-refractivity contribution in [2.24, 2.45) is 0 Å². The number of aliphatic hydroxyl groups is 1. The number of β-amino-alcohol motifs (C(OH)–C–C–N with tert-alkyl or cyclic N) is 1. The molecule has 1 saturated heterocycles. The summed E-state index contributed by atoms with van der Waals surface area (Å²) in [6.07, 6.45) is 2.60. The molecular weight excluding hydrogens is 184 g/mol. The maximum absolute atomic E-state index is 9.39. The largest absolute Gasteiger partial charge is 0.392 e. The van der Waals surface area contributed by atoms with E-state index in [-0.39, 0.29) is 6.10 Å². The first-order valence-corrected chi connectivity index (χ1v) is 5.47. The maximum atomic E-state index is 9.39. The van der Waals surface area contributed by atoms with E-state index in [1.807, 2.05) is 11.6 Å². The fourth-order valence-electron chi connectivity index (χ4n) is 1.72. The van der Waals surface area contributed by atoms with Gasteiger partial charge in [0, 0.05) is 24.7 Å². The minimum absolute atomic E-state index is 0.137. The summed E-state index contributed by atoms with van der Waals surface area (Å²) in [5.41, 5.74) is 0. The van der Waals surface area contributed by atoms with Crippen LogP contribution in [0.15, 0.2) is 11.6 Å². The van der Waals surface area contributed by atoms with Crippen LogP contribution in [-0.2, 0) is 0 Å². The molecular formula is C9H14N2OS. The zero-order valence-corrected chi connectivity index (χ0v) is 8.50. The molecule has 0 unspecified atom stereocenters. The van der Waals surface area contributed by atoms with Gasteiger partial charge < -0.3 is 5.11 Å². The first-order valence-electron chi connectivity index (χ1n) is 4.59. The summed E-state index contributed by atoms with van der Waals surface area (Å²) in [6, 6.07) is 0.358. The summed E-state index contributed by atoms with van der Waals surface area (Å²) in [5, 5.41) is 12.5. The second kappa shape index (κ2) is 3.74. The Bertz CT molecular complexity index is 263. The molecule has 1 aromatic heterocycles. The molecule has 3 nitrogen and oxygen atoms in total. The molecule has 0 aromatic carbocycles. The molecule has 0 bridgehead atoms. The van der Waals surface area contributed by atoms with Gasteiger partial charge in [-0.3, -0.25) is 4.90 Å². The van der Waals surface area contributed by atoms with Crippen molar-refractivity contribution in [3.63, 3.8) is 0 Å². The standard InChI is InChI=1S/C9H14N2OS/c1-7(9-10-3-5-13-9)11-4-2-8(12)6-11/h3,5,7-8,12H,2,4,6H2,1H3/t7-,8-/m0/s1. The zero-order valence-electron chi connectivity index (χ0n) is 7.68. The van der Waals surface area contributed by atoms with Crippen molar-refractivity contribution in [1.29, 1.82) is 0 Å². The highest BCUT2D eigenvalue weighted by atomic mass is 32.1. The summed E-state index contributed by atoms with van der Waals surface area (Å²) in [7, 11) is 0. The number of likely N-dealkylation sites (tertiary alicyclic amines) is 1. The quantitative estimate of drug-likeness (QED) is 0.777. The van der Waals surface area contributed by atoms with Crippen LogP contribution < -0.4 is 0 Å². The van der Waals surface area contributed by atoms with Crippen LogP contribution in [0.4, 0.5) is 0 Å². The van der Waals surface area contributed by atoms with Crippen LogP contribution in [-0.4, -0.2) is 34.2 Å². The minimum atomic E-state index is -0.137. The van der Waals surface area contributed by atoms with Gasteiger partial charge in [0.1, 0.15) is 5.01 Å². The van der Waals surface area contributed by atoms with Gasteiger partial charge in [-0.1, -0.05) is 0 Å². The number of aromatic nitrogens is 1. The summed E-state index contributed by atoms with van der Waals surface area (Å²) in [6.45, 7) is 3.93. The average molecular weight is 198 g/mol. The number of aliphatic hydroxyl groups excluding tert-OH is 1. The molecule has 13 heavy (non-hydrogen) atoms. The SMILES string of the molecule is C[C@@H](c1nccs1)N1CC[C@H](O)C1. The van der Waals surface area contributed by atoms with Crippen LogP contribution in [0.5, 0.6) is 0 Å². The molecule has 0 radical (unpaired) electrons. The van der Waals surface area contributed by atoms with E-state index in [1.54, 1.807) is 11.3 Å². The highest BCUT2D eigenvalue weighted by Gasteiger charge is 2.26. The van der Waals surface area contributed by atoms with Gasteiger partial charge in [-0.15, -0.1) is 11.3 Å². The third-order valence-electron chi connectivity index (χ3n) is 2.55. The van der Waals surface area contributed by atoms with E-state index in [9.17, 15) is 5.11 Å². The molecule has 0 saturated carbocycles. The summed E-state index contributed by atoms with van der Waals surface area (Å²) >= 11 is 1.68. The molecule has 4 heteroatoms. The topological polar surface area (TPSA) is 36.4 Å². The Morgan fingerprint density at radius 2 is 2.62 bits per heavy atom. The number of thiazole rings is 1. The fourth-order valence-corrected chi connectivity index (χ4v) is 2.45. The summed E-state index contributed by atoms with van der Waals surface area (Å²) in [4.78, 5) is 6.56. The van der Waals surface area contributed by atoms with Crippen molar-refractivity contribution in [3.8, 4) is 0 Å². The average Bonchev–Trinajstić information content (AvgIpc) is 2.72. The zero-order chi connectivity index (χ0) is 9.26. The molecule has 1 aromatic rings. The smallest absolute Gasteiger partial charge is 0.109 e. The van der Waals surface area contributed by atoms with Gasteiger partial charge in [-0.2, -0.15) is 0 Å². The van der Waals surface area contributed by atoms with Gasteiger partial charge in [-0.05, 0) is 13.3 Å². The van der Waals surface area contributed by atoms with Crippen LogP contribution in [0.3, 0.4) is 0 Å². The molecule has 2 heterocycles. The van der Waals surface area contributed by atoms with E-state index in [0.29, 0.717) is 6.04 Å². The molecule has 1 fully saturated rings. The molecule has 0 amide bonds. The van der Waals surface area contributed by atoms with E-state index >= 15 is 0 Å². The number of rotatable bonds is 2. The lowest BCUT2D eigenvalue weighted by molar-refractivity contribution is 0.163. The monoisotopic (exact) mass is 198 g/mol. The van der Waals surface area contributed by atoms with Crippen LogP contribution in [0.25, 0.3) is 0 Å². The van der Waals surface area contributed by atoms with E-state index in [0.717, 1.165) is 24.5 Å². The van der Waals surface area contributed by atoms with Gasteiger partial charge in [0.05, 0.1) is 12.1 Å². The van der Waals surface area contributed by atoms with Gasteiger partial charge in [-0.25, -0.2) is 4.98 Å². The Morgan fingerprint density at radius 1 is 1.77 bits per heavy atom. The Labute approximate surface area is 82.0 Å². The van der Waals surface area contributed by atoms with Crippen molar-refractivity contribution in [3.05, 3.63) is 16.6 Å². The van der Waals surface area contributed by atoms with Crippen molar-refractivity contribution in [2.45, 2.75) is 25.5 Å². The summed E-state index contributed by atoms with van der Waals surface area (Å²) in [5.74, 6) is 0. The van der Waals surface area contributed by atoms with Gasteiger partial charge >= 0.3 is 0 Å². The van der Waals surface area contributed by atoms with Crippen LogP contribution in [0, 0.1) is 0 Å². The maximum Gasteiger partial charge on any atom is 0.109 e. The molecule has 0 spiro atoms. The van der Waals surface area contributed by atoms with Crippen LogP contribution in [0.1, 0.15) is 24.4 Å². The normalized spacial score (nSPS) is 26.5. The number of nitrogens with zero attached hydrogens (tertiary/aromatic N) is 2. The van der Waals surface area contributed by atoms with Crippen LogP contribution in [0.2, 0.25) is 0 Å². The van der Waals surface area contributed by atoms with E-state index in [4.69, 9.17) is 0 Å². The first-order chi connectivity index (χ1) is 6.27. The third-order valence-corrected chi connectivity index (χ3v) is 3.50. The van der Waals surface area contributed by atoms with E-state index in [2.05, 4.69) is 16.8 Å². The second-order valence-electron chi connectivity index (χ2n) is 3.48. The lowest BCUT2D eigenvalue weighted by Crippen LogP contribution is -2.25. The number of hydrogen-bond donors (Lipinski definition) is 1. The fraction of sp³-hybridized carbons (Fsp3) is 0.667. The molecule has 1 N–H and O–H groups in total. The Balaban J connectivity index is 2.02. The summed E-state index contributed by atoms with van der Waals surface area (Å²) < 4.78 is 0. The highest BCUT2D eigenvalue weighted by molar-refractivity contribution is 7.09. The molecule has 1 aliphatic rings. The Morgan fingerprint density at radius 3 is 3.15 bits per heavy atom. The van der Waals surface area contributed by atoms with E-state index < -0.39 is 0 Å². The third kappa shape index (κ3) is 1.90. The van der Waals surface area contributed by atoms with Crippen molar-refractivity contribution in [2.75, 3.05) is 13.1 Å². The Kier molecular flexibility index (Phi) is 2.62. The predicted octanol–water partition coefficient (Wildman–Crippen LogP) is 1.27. The lowest BCUT2D eigenvalue weighted by atomic mass is 10.3. The van der Waals surface area contributed by atoms with Crippen molar-refractivity contribution < 1.29 is 5.11 Å². The van der Waals surface area contributed by atoms with Crippen molar-refractivity contribution in [1.82, 2.24) is 9.88 Å². The molecule has 2 rings (SSSR count). The van der Waals surface area contributed by atoms with Crippen molar-refractivity contribution >= 4 is 11.3 Å². The first kappa shape index (κ1) is 9.12. The van der Waals surface area contributed by atoms with Gasteiger partial charge in [0.2, 0.25) is 0 Å². The van der Waals surface area contributed by atoms with E-state index in [1.165, 1.54) is 0 Å².